The van der Waals surface area contributed by atoms with E-state index in [1.807, 2.05) is 13.8 Å². The molecule has 3 rings (SSSR count). The number of thioether (sulfide) groups is 1. The summed E-state index contributed by atoms with van der Waals surface area (Å²) in [4.78, 5) is 49.5. The maximum Gasteiger partial charge on any atom is 0.509 e. The molecule has 0 spiro atoms. The molecule has 0 bridgehead atoms. The van der Waals surface area contributed by atoms with Crippen LogP contribution in [0.2, 0.25) is 0 Å². The molecule has 2 aromatic carbocycles. The molecule has 0 radical (unpaired) electrons. The van der Waals surface area contributed by atoms with Gasteiger partial charge in [0, 0.05) is 6.92 Å². The first-order valence-corrected chi connectivity index (χ1v) is 12.4. The van der Waals surface area contributed by atoms with Crippen LogP contribution in [0.1, 0.15) is 38.8 Å². The molecule has 9 nitrogen and oxygen atoms in total. The van der Waals surface area contributed by atoms with E-state index in [-0.39, 0.29) is 18.8 Å². The summed E-state index contributed by atoms with van der Waals surface area (Å²) in [5.74, 6) is -1.90. The monoisotopic (exact) mass is 528 g/mol. The average molecular weight is 529 g/mol. The molecular weight excluding hydrogens is 500 g/mol. The normalized spacial score (nSPS) is 20.4. The Morgan fingerprint density at radius 2 is 1.38 bits per heavy atom. The Morgan fingerprint density at radius 3 is 1.92 bits per heavy atom. The fourth-order valence-electron chi connectivity index (χ4n) is 3.44. The van der Waals surface area contributed by atoms with Gasteiger partial charge in [-0.1, -0.05) is 48.0 Å². The summed E-state index contributed by atoms with van der Waals surface area (Å²) in [5.41, 5.74) is 1.52. The predicted molar refractivity (Wildman–Crippen MR) is 135 cm³/mol. The number of benzene rings is 2. The van der Waals surface area contributed by atoms with Gasteiger partial charge in [-0.05, 0) is 38.1 Å². The molecule has 1 saturated heterocycles. The molecule has 1 heterocycles. The van der Waals surface area contributed by atoms with E-state index in [4.69, 9.17) is 23.7 Å². The molecule has 2 aromatic rings. The largest absolute Gasteiger partial charge is 0.509 e. The molecule has 1 unspecified atom stereocenters. The Labute approximate surface area is 219 Å². The number of aryl methyl sites for hydroxylation is 2. The van der Waals surface area contributed by atoms with Gasteiger partial charge in [0.2, 0.25) is 0 Å². The van der Waals surface area contributed by atoms with Gasteiger partial charge in [-0.15, -0.1) is 11.8 Å². The number of rotatable bonds is 9. The standard InChI is InChI=1S/C27H28O9S/c1-5-14-32-27(31)36-23-22(35-25(30)20-12-8-17(3)9-13-20)21(37-26(23)34-18(4)28)15-33-24(29)19-10-6-16(2)7-11-19/h5-13,21-23,26H,1,14-15H2,2-4H3/t21-,22+,23+,26?/m0/s1. The smallest absolute Gasteiger partial charge is 0.461 e. The van der Waals surface area contributed by atoms with Crippen LogP contribution in [0.15, 0.2) is 61.2 Å². The van der Waals surface area contributed by atoms with Crippen LogP contribution in [0, 0.1) is 13.8 Å². The third-order valence-electron chi connectivity index (χ3n) is 5.30. The highest BCUT2D eigenvalue weighted by Crippen LogP contribution is 2.40. The highest BCUT2D eigenvalue weighted by atomic mass is 32.2. The SMILES string of the molecule is C=CCOC(=O)O[C@H]1C(OC(C)=O)S[C@@H](COC(=O)c2ccc(C)cc2)[C@H]1OC(=O)c1ccc(C)cc1. The molecule has 1 fully saturated rings. The summed E-state index contributed by atoms with van der Waals surface area (Å²) in [5, 5.41) is -0.717. The minimum Gasteiger partial charge on any atom is -0.461 e. The highest BCUT2D eigenvalue weighted by molar-refractivity contribution is 8.00. The summed E-state index contributed by atoms with van der Waals surface area (Å²) in [6.07, 6.45) is -2.04. The highest BCUT2D eigenvalue weighted by Gasteiger charge is 2.52. The second-order valence-electron chi connectivity index (χ2n) is 8.28. The van der Waals surface area contributed by atoms with Crippen molar-refractivity contribution in [1.82, 2.24) is 0 Å². The van der Waals surface area contributed by atoms with Gasteiger partial charge in [0.05, 0.1) is 16.4 Å². The van der Waals surface area contributed by atoms with Gasteiger partial charge in [0.25, 0.3) is 0 Å². The number of hydrogen-bond donors (Lipinski definition) is 0. The molecule has 10 heteroatoms. The number of hydrogen-bond acceptors (Lipinski definition) is 10. The zero-order valence-electron chi connectivity index (χ0n) is 20.7. The van der Waals surface area contributed by atoms with Crippen LogP contribution >= 0.6 is 11.8 Å². The van der Waals surface area contributed by atoms with Crippen molar-refractivity contribution in [3.05, 3.63) is 83.4 Å². The third-order valence-corrected chi connectivity index (χ3v) is 6.68. The Hall–Kier alpha value is -3.79. The van der Waals surface area contributed by atoms with Crippen molar-refractivity contribution in [1.29, 1.82) is 0 Å². The summed E-state index contributed by atoms with van der Waals surface area (Å²) in [6.45, 7) is 8.13. The van der Waals surface area contributed by atoms with E-state index in [0.717, 1.165) is 22.9 Å². The zero-order chi connectivity index (χ0) is 26.9. The molecule has 0 N–H and O–H groups in total. The van der Waals surface area contributed by atoms with E-state index in [9.17, 15) is 19.2 Å². The van der Waals surface area contributed by atoms with Gasteiger partial charge < -0.3 is 23.7 Å². The number of carbonyl (C=O) groups is 4. The molecule has 0 saturated carbocycles. The van der Waals surface area contributed by atoms with E-state index in [1.54, 1.807) is 48.5 Å². The van der Waals surface area contributed by atoms with Gasteiger partial charge in [-0.25, -0.2) is 14.4 Å². The predicted octanol–water partition coefficient (Wildman–Crippen LogP) is 4.40. The Balaban J connectivity index is 1.83. The van der Waals surface area contributed by atoms with Crippen LogP contribution in [0.3, 0.4) is 0 Å². The van der Waals surface area contributed by atoms with Crippen LogP contribution < -0.4 is 0 Å². The molecule has 0 amide bonds. The summed E-state index contributed by atoms with van der Waals surface area (Å²) < 4.78 is 26.9. The maximum atomic E-state index is 12.9. The van der Waals surface area contributed by atoms with E-state index >= 15 is 0 Å². The first-order valence-electron chi connectivity index (χ1n) is 11.5. The molecule has 0 aromatic heterocycles. The second-order valence-corrected chi connectivity index (χ2v) is 9.63. The molecular formula is C27H28O9S. The molecule has 0 aliphatic carbocycles. The van der Waals surface area contributed by atoms with E-state index in [0.29, 0.717) is 5.56 Å². The lowest BCUT2D eigenvalue weighted by Gasteiger charge is -2.25. The lowest BCUT2D eigenvalue weighted by atomic mass is 10.1. The van der Waals surface area contributed by atoms with E-state index in [1.165, 1.54) is 13.0 Å². The lowest BCUT2D eigenvalue weighted by Crippen LogP contribution is -2.42. The molecule has 1 aliphatic heterocycles. The van der Waals surface area contributed by atoms with Gasteiger partial charge in [-0.2, -0.15) is 0 Å². The summed E-state index contributed by atoms with van der Waals surface area (Å²) in [7, 11) is 0. The van der Waals surface area contributed by atoms with Crippen molar-refractivity contribution in [3.8, 4) is 0 Å². The van der Waals surface area contributed by atoms with Crippen molar-refractivity contribution in [3.63, 3.8) is 0 Å². The van der Waals surface area contributed by atoms with Crippen molar-refractivity contribution in [2.75, 3.05) is 13.2 Å². The fourth-order valence-corrected chi connectivity index (χ4v) is 4.85. The van der Waals surface area contributed by atoms with Crippen molar-refractivity contribution in [2.45, 2.75) is 43.7 Å². The Bertz CT molecular complexity index is 1130. The number of esters is 3. The first-order chi connectivity index (χ1) is 17.7. The first kappa shape index (κ1) is 27.8. The Kier molecular flexibility index (Phi) is 9.73. The zero-order valence-corrected chi connectivity index (χ0v) is 21.5. The van der Waals surface area contributed by atoms with E-state index in [2.05, 4.69) is 6.58 Å². The summed E-state index contributed by atoms with van der Waals surface area (Å²) >= 11 is 1.05. The average Bonchev–Trinajstić information content (AvgIpc) is 3.16. The summed E-state index contributed by atoms with van der Waals surface area (Å²) in [6, 6.07) is 13.5. The lowest BCUT2D eigenvalue weighted by molar-refractivity contribution is -0.149. The molecule has 196 valence electrons. The Morgan fingerprint density at radius 1 is 0.811 bits per heavy atom. The molecule has 4 atom stereocenters. The van der Waals surface area contributed by atoms with Gasteiger partial charge in [0.1, 0.15) is 13.2 Å². The van der Waals surface area contributed by atoms with Gasteiger partial charge in [-0.3, -0.25) is 4.79 Å². The minimum absolute atomic E-state index is 0.109. The van der Waals surface area contributed by atoms with Crippen molar-refractivity contribution in [2.24, 2.45) is 0 Å². The van der Waals surface area contributed by atoms with Crippen molar-refractivity contribution < 1.29 is 42.9 Å². The maximum absolute atomic E-state index is 12.9. The fraction of sp³-hybridized carbons (Fsp3) is 0.333. The quantitative estimate of drug-likeness (QED) is 0.264. The topological polar surface area (TPSA) is 114 Å². The van der Waals surface area contributed by atoms with Gasteiger partial charge in [0.15, 0.2) is 17.6 Å². The van der Waals surface area contributed by atoms with Crippen LogP contribution in [-0.4, -0.2) is 60.2 Å². The molecule has 37 heavy (non-hydrogen) atoms. The second kappa shape index (κ2) is 13.0. The van der Waals surface area contributed by atoms with Crippen molar-refractivity contribution >= 4 is 35.8 Å². The number of carbonyl (C=O) groups excluding carboxylic acids is 4. The van der Waals surface area contributed by atoms with Crippen LogP contribution in [0.4, 0.5) is 4.79 Å². The molecule has 1 aliphatic rings. The van der Waals surface area contributed by atoms with Crippen LogP contribution in [-0.2, 0) is 28.5 Å². The minimum atomic E-state index is -1.22. The van der Waals surface area contributed by atoms with E-state index < -0.39 is 47.0 Å². The van der Waals surface area contributed by atoms with Gasteiger partial charge >= 0.3 is 24.1 Å². The van der Waals surface area contributed by atoms with Crippen LogP contribution in [0.25, 0.3) is 0 Å². The number of ether oxygens (including phenoxy) is 5. The van der Waals surface area contributed by atoms with Crippen LogP contribution in [0.5, 0.6) is 0 Å². The third kappa shape index (κ3) is 7.85.